The van der Waals surface area contributed by atoms with Gasteiger partial charge in [-0.15, -0.1) is 0 Å². The van der Waals surface area contributed by atoms with Gasteiger partial charge in [0.05, 0.1) is 6.20 Å². The zero-order valence-corrected chi connectivity index (χ0v) is 19.7. The molecule has 1 aromatic carbocycles. The summed E-state index contributed by atoms with van der Waals surface area (Å²) in [4.78, 5) is 37.7. The van der Waals surface area contributed by atoms with E-state index < -0.39 is 0 Å². The minimum Gasteiger partial charge on any atom is -0.354 e. The molecule has 7 heteroatoms. The Bertz CT molecular complexity index is 796. The first-order chi connectivity index (χ1) is 15.5. The van der Waals surface area contributed by atoms with Crippen LogP contribution >= 0.6 is 0 Å². The minimum absolute atomic E-state index is 0.0306. The number of aromatic nitrogens is 2. The van der Waals surface area contributed by atoms with Crippen LogP contribution in [0.5, 0.6) is 0 Å². The van der Waals surface area contributed by atoms with Gasteiger partial charge in [-0.2, -0.15) is 0 Å². The Labute approximate surface area is 192 Å². The Balaban J connectivity index is 1.86. The number of benzene rings is 1. The van der Waals surface area contributed by atoms with Gasteiger partial charge in [0.2, 0.25) is 5.91 Å². The molecular formula is C25H37N5O2. The third kappa shape index (κ3) is 9.14. The fourth-order valence-corrected chi connectivity index (χ4v) is 3.61. The number of nitrogens with zero attached hydrogens (tertiary/aromatic N) is 4. The Morgan fingerprint density at radius 1 is 1.03 bits per heavy atom. The Morgan fingerprint density at radius 2 is 1.78 bits per heavy atom. The molecule has 174 valence electrons. The zero-order valence-electron chi connectivity index (χ0n) is 19.7. The molecule has 2 aromatic rings. The van der Waals surface area contributed by atoms with E-state index in [1.807, 2.05) is 37.3 Å². The number of carbonyl (C=O) groups excluding carboxylic acids is 2. The van der Waals surface area contributed by atoms with E-state index >= 15 is 0 Å². The molecule has 7 nitrogen and oxygen atoms in total. The summed E-state index contributed by atoms with van der Waals surface area (Å²) >= 11 is 0. The molecule has 1 N–H and O–H groups in total. The highest BCUT2D eigenvalue weighted by molar-refractivity contribution is 5.92. The number of nitrogens with one attached hydrogen (secondary N) is 1. The molecule has 1 heterocycles. The fraction of sp³-hybridized carbons (Fsp3) is 0.520. The van der Waals surface area contributed by atoms with Crippen LogP contribution in [0.15, 0.2) is 48.9 Å². The van der Waals surface area contributed by atoms with E-state index in [4.69, 9.17) is 0 Å². The van der Waals surface area contributed by atoms with Crippen LogP contribution in [0.25, 0.3) is 0 Å². The molecule has 1 atom stereocenters. The molecule has 0 aliphatic heterocycles. The van der Waals surface area contributed by atoms with Crippen molar-refractivity contribution in [3.63, 3.8) is 0 Å². The maximum atomic E-state index is 13.0. The van der Waals surface area contributed by atoms with Crippen molar-refractivity contribution in [2.45, 2.75) is 52.5 Å². The zero-order chi connectivity index (χ0) is 23.2. The number of carbonyl (C=O) groups is 2. The predicted octanol–water partition coefficient (Wildman–Crippen LogP) is 3.18. The standard InChI is InChI=1S/C25H37N5O2/c1-4-29(5-2)17-9-10-21(3)28-24(31)14-19-30(18-13-22-11-7-6-8-12-22)25(32)23-20-26-15-16-27-23/h6-8,11-12,15-16,20-21H,4-5,9-10,13-14,17-19H2,1-3H3,(H,28,31). The molecule has 1 aromatic heterocycles. The van der Waals surface area contributed by atoms with Gasteiger partial charge in [-0.25, -0.2) is 4.98 Å². The normalized spacial score (nSPS) is 11.9. The monoisotopic (exact) mass is 439 g/mol. The highest BCUT2D eigenvalue weighted by Crippen LogP contribution is 2.07. The number of rotatable bonds is 14. The summed E-state index contributed by atoms with van der Waals surface area (Å²) in [5.74, 6) is -0.230. The van der Waals surface area contributed by atoms with Gasteiger partial charge < -0.3 is 15.1 Å². The number of hydrogen-bond acceptors (Lipinski definition) is 5. The predicted molar refractivity (Wildman–Crippen MR) is 127 cm³/mol. The lowest BCUT2D eigenvalue weighted by molar-refractivity contribution is -0.121. The van der Waals surface area contributed by atoms with E-state index in [0.717, 1.165) is 44.5 Å². The fourth-order valence-electron chi connectivity index (χ4n) is 3.61. The molecule has 2 amide bonds. The van der Waals surface area contributed by atoms with Crippen LogP contribution in [0.1, 0.15) is 56.1 Å². The topological polar surface area (TPSA) is 78.4 Å². The van der Waals surface area contributed by atoms with Gasteiger partial charge >= 0.3 is 0 Å². The molecule has 2 rings (SSSR count). The first kappa shape index (κ1) is 25.5. The van der Waals surface area contributed by atoms with Gasteiger partial charge in [0.25, 0.3) is 5.91 Å². The number of amides is 2. The second-order valence-corrected chi connectivity index (χ2v) is 8.01. The lowest BCUT2D eigenvalue weighted by atomic mass is 10.1. The SMILES string of the molecule is CCN(CC)CCCC(C)NC(=O)CCN(CCc1ccccc1)C(=O)c1cnccn1. The van der Waals surface area contributed by atoms with Crippen LogP contribution < -0.4 is 5.32 Å². The van der Waals surface area contributed by atoms with Gasteiger partial charge in [-0.3, -0.25) is 14.6 Å². The molecule has 0 fully saturated rings. The summed E-state index contributed by atoms with van der Waals surface area (Å²) in [5.41, 5.74) is 1.45. The van der Waals surface area contributed by atoms with Gasteiger partial charge in [0, 0.05) is 37.9 Å². The third-order valence-corrected chi connectivity index (χ3v) is 5.60. The Hall–Kier alpha value is -2.80. The van der Waals surface area contributed by atoms with E-state index in [1.165, 1.54) is 12.4 Å². The first-order valence-corrected chi connectivity index (χ1v) is 11.6. The molecule has 0 spiro atoms. The molecule has 0 saturated heterocycles. The second-order valence-electron chi connectivity index (χ2n) is 8.01. The second kappa shape index (κ2) is 14.3. The van der Waals surface area contributed by atoms with Gasteiger partial charge in [-0.05, 0) is 51.4 Å². The van der Waals surface area contributed by atoms with Crippen molar-refractivity contribution >= 4 is 11.8 Å². The molecule has 0 radical (unpaired) electrons. The molecule has 0 aliphatic carbocycles. The van der Waals surface area contributed by atoms with Crippen molar-refractivity contribution < 1.29 is 9.59 Å². The molecule has 0 aliphatic rings. The van der Waals surface area contributed by atoms with E-state index in [-0.39, 0.29) is 24.3 Å². The maximum Gasteiger partial charge on any atom is 0.274 e. The summed E-state index contributed by atoms with van der Waals surface area (Å²) in [6.45, 7) is 10.4. The van der Waals surface area contributed by atoms with Gasteiger partial charge in [-0.1, -0.05) is 44.2 Å². The lowest BCUT2D eigenvalue weighted by Gasteiger charge is -2.23. The van der Waals surface area contributed by atoms with Crippen molar-refractivity contribution in [1.29, 1.82) is 0 Å². The molecule has 0 saturated carbocycles. The summed E-state index contributed by atoms with van der Waals surface area (Å²) in [6, 6.07) is 10.1. The summed E-state index contributed by atoms with van der Waals surface area (Å²) in [6.07, 6.45) is 7.50. The Morgan fingerprint density at radius 3 is 2.44 bits per heavy atom. The highest BCUT2D eigenvalue weighted by atomic mass is 16.2. The molecular weight excluding hydrogens is 402 g/mol. The maximum absolute atomic E-state index is 13.0. The largest absolute Gasteiger partial charge is 0.354 e. The molecule has 32 heavy (non-hydrogen) atoms. The quantitative estimate of drug-likeness (QED) is 0.489. The first-order valence-electron chi connectivity index (χ1n) is 11.6. The van der Waals surface area contributed by atoms with Crippen LogP contribution in [0.4, 0.5) is 0 Å². The highest BCUT2D eigenvalue weighted by Gasteiger charge is 2.19. The van der Waals surface area contributed by atoms with E-state index in [9.17, 15) is 9.59 Å². The van der Waals surface area contributed by atoms with Gasteiger partial charge in [0.1, 0.15) is 5.69 Å². The van der Waals surface area contributed by atoms with E-state index in [2.05, 4.69) is 34.0 Å². The Kier molecular flexibility index (Phi) is 11.4. The van der Waals surface area contributed by atoms with E-state index in [1.54, 1.807) is 11.1 Å². The average molecular weight is 440 g/mol. The molecule has 1 unspecified atom stereocenters. The van der Waals surface area contributed by atoms with Crippen LogP contribution in [0, 0.1) is 0 Å². The third-order valence-electron chi connectivity index (χ3n) is 5.60. The van der Waals surface area contributed by atoms with Crippen molar-refractivity contribution in [2.75, 3.05) is 32.7 Å². The summed E-state index contributed by atoms with van der Waals surface area (Å²) in [7, 11) is 0. The van der Waals surface area contributed by atoms with Crippen LogP contribution in [0.3, 0.4) is 0 Å². The van der Waals surface area contributed by atoms with Gasteiger partial charge in [0.15, 0.2) is 0 Å². The van der Waals surface area contributed by atoms with Crippen molar-refractivity contribution in [3.8, 4) is 0 Å². The van der Waals surface area contributed by atoms with Crippen molar-refractivity contribution in [2.24, 2.45) is 0 Å². The van der Waals surface area contributed by atoms with Crippen molar-refractivity contribution in [3.05, 3.63) is 60.2 Å². The lowest BCUT2D eigenvalue weighted by Crippen LogP contribution is -2.39. The summed E-state index contributed by atoms with van der Waals surface area (Å²) < 4.78 is 0. The average Bonchev–Trinajstić information content (AvgIpc) is 2.82. The minimum atomic E-state index is -0.200. The van der Waals surface area contributed by atoms with Crippen LogP contribution in [-0.2, 0) is 11.2 Å². The smallest absolute Gasteiger partial charge is 0.274 e. The van der Waals surface area contributed by atoms with Crippen LogP contribution in [0.2, 0.25) is 0 Å². The molecule has 0 bridgehead atoms. The van der Waals surface area contributed by atoms with E-state index in [0.29, 0.717) is 18.8 Å². The van der Waals surface area contributed by atoms with Crippen molar-refractivity contribution in [1.82, 2.24) is 25.1 Å². The van der Waals surface area contributed by atoms with Crippen LogP contribution in [-0.4, -0.2) is 70.3 Å². The number of hydrogen-bond donors (Lipinski definition) is 1. The summed E-state index contributed by atoms with van der Waals surface area (Å²) in [5, 5.41) is 3.07.